The van der Waals surface area contributed by atoms with Crippen LogP contribution in [0.5, 0.6) is 11.6 Å². The molecule has 3 aromatic rings. The van der Waals surface area contributed by atoms with E-state index in [-0.39, 0.29) is 0 Å². The molecule has 0 radical (unpaired) electrons. The molecule has 0 fully saturated rings. The molecule has 106 valence electrons. The topological polar surface area (TPSA) is 61.0 Å². The van der Waals surface area contributed by atoms with Gasteiger partial charge in [-0.25, -0.2) is 9.97 Å². The number of aromatic nitrogens is 2. The fraction of sp³-hybridized carbons (Fsp3) is 0.176. The first-order chi connectivity index (χ1) is 10.2. The third-order valence-electron chi connectivity index (χ3n) is 3.35. The van der Waals surface area contributed by atoms with Gasteiger partial charge in [-0.1, -0.05) is 18.2 Å². The zero-order chi connectivity index (χ0) is 14.8. The Bertz CT molecular complexity index is 799. The third-order valence-corrected chi connectivity index (χ3v) is 3.35. The van der Waals surface area contributed by atoms with E-state index in [1.54, 1.807) is 6.20 Å². The van der Waals surface area contributed by atoms with Crippen LogP contribution in [0.4, 0.5) is 0 Å². The van der Waals surface area contributed by atoms with Crippen LogP contribution < -0.4 is 10.5 Å². The number of fused-ring (bicyclic) bond motifs is 1. The van der Waals surface area contributed by atoms with Crippen LogP contribution in [0.3, 0.4) is 0 Å². The highest BCUT2D eigenvalue weighted by Crippen LogP contribution is 2.29. The van der Waals surface area contributed by atoms with Crippen molar-refractivity contribution < 1.29 is 4.74 Å². The van der Waals surface area contributed by atoms with Crippen molar-refractivity contribution >= 4 is 10.9 Å². The Balaban J connectivity index is 2.04. The highest BCUT2D eigenvalue weighted by atomic mass is 16.5. The normalized spacial score (nSPS) is 10.8. The van der Waals surface area contributed by atoms with E-state index in [1.807, 2.05) is 50.2 Å². The Morgan fingerprint density at radius 3 is 2.76 bits per heavy atom. The fourth-order valence-electron chi connectivity index (χ4n) is 2.24. The van der Waals surface area contributed by atoms with Crippen molar-refractivity contribution in [2.75, 3.05) is 0 Å². The summed E-state index contributed by atoms with van der Waals surface area (Å²) in [6.45, 7) is 4.41. The van der Waals surface area contributed by atoms with E-state index in [9.17, 15) is 0 Å². The van der Waals surface area contributed by atoms with Gasteiger partial charge in [0.1, 0.15) is 5.52 Å². The molecule has 21 heavy (non-hydrogen) atoms. The van der Waals surface area contributed by atoms with E-state index in [0.717, 1.165) is 27.7 Å². The highest BCUT2D eigenvalue weighted by molar-refractivity contribution is 5.84. The maximum atomic E-state index is 5.96. The Morgan fingerprint density at radius 2 is 2.00 bits per heavy atom. The van der Waals surface area contributed by atoms with Gasteiger partial charge in [0.15, 0.2) is 5.75 Å². The maximum Gasteiger partial charge on any atom is 0.222 e. The number of para-hydroxylation sites is 1. The summed E-state index contributed by atoms with van der Waals surface area (Å²) in [6.07, 6.45) is 1.74. The molecule has 0 aliphatic heterocycles. The number of hydrogen-bond donors (Lipinski definition) is 1. The summed E-state index contributed by atoms with van der Waals surface area (Å²) in [4.78, 5) is 8.91. The van der Waals surface area contributed by atoms with E-state index < -0.39 is 0 Å². The van der Waals surface area contributed by atoms with E-state index in [2.05, 4.69) is 9.97 Å². The molecule has 0 aliphatic carbocycles. The number of nitrogens with zero attached hydrogens (tertiary/aromatic N) is 2. The van der Waals surface area contributed by atoms with Gasteiger partial charge in [-0.2, -0.15) is 0 Å². The molecule has 4 nitrogen and oxygen atoms in total. The first kappa shape index (κ1) is 13.5. The Labute approximate surface area is 123 Å². The standard InChI is InChI=1S/C17H17N3O/c1-11-8-13(9-18)10-19-17(11)21-15-5-3-4-14-7-6-12(2)20-16(14)15/h3-8,10H,9,18H2,1-2H3. The molecule has 1 aromatic carbocycles. The Morgan fingerprint density at radius 1 is 1.14 bits per heavy atom. The molecule has 0 saturated carbocycles. The Kier molecular flexibility index (Phi) is 3.54. The highest BCUT2D eigenvalue weighted by Gasteiger charge is 2.08. The minimum atomic E-state index is 0.475. The molecule has 0 aliphatic rings. The number of pyridine rings is 2. The summed E-state index contributed by atoms with van der Waals surface area (Å²) in [6, 6.07) is 11.9. The van der Waals surface area contributed by atoms with E-state index in [0.29, 0.717) is 18.2 Å². The van der Waals surface area contributed by atoms with Crippen LogP contribution in [-0.2, 0) is 6.54 Å². The van der Waals surface area contributed by atoms with Crippen LogP contribution in [0.1, 0.15) is 16.8 Å². The van der Waals surface area contributed by atoms with E-state index >= 15 is 0 Å². The number of rotatable bonds is 3. The summed E-state index contributed by atoms with van der Waals surface area (Å²) in [5, 5.41) is 1.05. The van der Waals surface area contributed by atoms with Gasteiger partial charge in [-0.3, -0.25) is 0 Å². The number of ether oxygens (including phenoxy) is 1. The molecule has 0 unspecified atom stereocenters. The van der Waals surface area contributed by atoms with Crippen LogP contribution in [-0.4, -0.2) is 9.97 Å². The molecule has 0 saturated heterocycles. The van der Waals surface area contributed by atoms with Gasteiger partial charge in [0.25, 0.3) is 0 Å². The van der Waals surface area contributed by atoms with Gasteiger partial charge >= 0.3 is 0 Å². The van der Waals surface area contributed by atoms with Crippen LogP contribution in [0.15, 0.2) is 42.6 Å². The predicted octanol–water partition coefficient (Wildman–Crippen LogP) is 3.50. The van der Waals surface area contributed by atoms with E-state index in [4.69, 9.17) is 10.5 Å². The summed E-state index contributed by atoms with van der Waals surface area (Å²) in [7, 11) is 0. The zero-order valence-corrected chi connectivity index (χ0v) is 12.1. The van der Waals surface area contributed by atoms with Gasteiger partial charge < -0.3 is 10.5 Å². The summed E-state index contributed by atoms with van der Waals surface area (Å²) in [5.74, 6) is 1.30. The summed E-state index contributed by atoms with van der Waals surface area (Å²) in [5.41, 5.74) is 9.38. The van der Waals surface area contributed by atoms with Crippen molar-refractivity contribution in [3.63, 3.8) is 0 Å². The number of aryl methyl sites for hydroxylation is 2. The lowest BCUT2D eigenvalue weighted by Crippen LogP contribution is -2.00. The minimum absolute atomic E-state index is 0.475. The van der Waals surface area contributed by atoms with Gasteiger partial charge in [0, 0.05) is 29.4 Å². The first-order valence-electron chi connectivity index (χ1n) is 6.87. The van der Waals surface area contributed by atoms with Crippen LogP contribution in [0.25, 0.3) is 10.9 Å². The van der Waals surface area contributed by atoms with Crippen molar-refractivity contribution in [1.82, 2.24) is 9.97 Å². The average molecular weight is 279 g/mol. The van der Waals surface area contributed by atoms with Crippen molar-refractivity contribution in [3.8, 4) is 11.6 Å². The second-order valence-corrected chi connectivity index (χ2v) is 5.05. The van der Waals surface area contributed by atoms with Gasteiger partial charge in [0.2, 0.25) is 5.88 Å². The number of hydrogen-bond acceptors (Lipinski definition) is 4. The quantitative estimate of drug-likeness (QED) is 0.797. The molecular formula is C17H17N3O. The summed E-state index contributed by atoms with van der Waals surface area (Å²) >= 11 is 0. The van der Waals surface area contributed by atoms with Crippen molar-refractivity contribution in [2.24, 2.45) is 5.73 Å². The lowest BCUT2D eigenvalue weighted by atomic mass is 10.2. The molecule has 2 N–H and O–H groups in total. The molecule has 0 spiro atoms. The number of benzene rings is 1. The largest absolute Gasteiger partial charge is 0.436 e. The van der Waals surface area contributed by atoms with Gasteiger partial charge in [0.05, 0.1) is 0 Å². The molecule has 2 heterocycles. The fourth-order valence-corrected chi connectivity index (χ4v) is 2.24. The minimum Gasteiger partial charge on any atom is -0.436 e. The second-order valence-electron chi connectivity index (χ2n) is 5.05. The molecule has 2 aromatic heterocycles. The van der Waals surface area contributed by atoms with E-state index in [1.165, 1.54) is 0 Å². The molecule has 3 rings (SSSR count). The van der Waals surface area contributed by atoms with Crippen LogP contribution >= 0.6 is 0 Å². The molecule has 4 heteroatoms. The predicted molar refractivity (Wildman–Crippen MR) is 83.4 cm³/mol. The third kappa shape index (κ3) is 2.71. The number of nitrogens with two attached hydrogens (primary N) is 1. The summed E-state index contributed by atoms with van der Waals surface area (Å²) < 4.78 is 5.96. The van der Waals surface area contributed by atoms with Crippen molar-refractivity contribution in [3.05, 3.63) is 59.4 Å². The first-order valence-corrected chi connectivity index (χ1v) is 6.87. The van der Waals surface area contributed by atoms with Crippen molar-refractivity contribution in [2.45, 2.75) is 20.4 Å². The molecule has 0 atom stereocenters. The zero-order valence-electron chi connectivity index (χ0n) is 12.1. The Hall–Kier alpha value is -2.46. The maximum absolute atomic E-state index is 5.96. The van der Waals surface area contributed by atoms with Crippen LogP contribution in [0.2, 0.25) is 0 Å². The average Bonchev–Trinajstić information content (AvgIpc) is 2.49. The van der Waals surface area contributed by atoms with Crippen LogP contribution in [0, 0.1) is 13.8 Å². The smallest absolute Gasteiger partial charge is 0.222 e. The SMILES string of the molecule is Cc1ccc2cccc(Oc3ncc(CN)cc3C)c2n1. The van der Waals surface area contributed by atoms with Gasteiger partial charge in [-0.05, 0) is 37.6 Å². The van der Waals surface area contributed by atoms with Gasteiger partial charge in [-0.15, -0.1) is 0 Å². The lowest BCUT2D eigenvalue weighted by Gasteiger charge is -2.10. The lowest BCUT2D eigenvalue weighted by molar-refractivity contribution is 0.462. The van der Waals surface area contributed by atoms with Crippen molar-refractivity contribution in [1.29, 1.82) is 0 Å². The molecular weight excluding hydrogens is 262 g/mol. The molecule has 0 bridgehead atoms. The monoisotopic (exact) mass is 279 g/mol. The second kappa shape index (κ2) is 5.50. The molecule has 0 amide bonds.